The van der Waals surface area contributed by atoms with Gasteiger partial charge in [0.1, 0.15) is 0 Å². The molecule has 1 heterocycles. The highest BCUT2D eigenvalue weighted by atomic mass is 16.6. The van der Waals surface area contributed by atoms with Gasteiger partial charge in [0.05, 0.1) is 14.2 Å². The van der Waals surface area contributed by atoms with Crippen LogP contribution in [0.25, 0.3) is 6.08 Å². The van der Waals surface area contributed by atoms with Gasteiger partial charge in [-0.1, -0.05) is 12.1 Å². The lowest BCUT2D eigenvalue weighted by Gasteiger charge is -2.09. The molecule has 0 bridgehead atoms. The SMILES string of the molecule is COc1cccc(C=C2N=C(C)OC2=O)c1OC. The molecule has 1 aliphatic heterocycles. The Hall–Kier alpha value is -2.30. The summed E-state index contributed by atoms with van der Waals surface area (Å²) >= 11 is 0. The highest BCUT2D eigenvalue weighted by molar-refractivity contribution is 6.06. The van der Waals surface area contributed by atoms with Gasteiger partial charge in [-0.2, -0.15) is 0 Å². The molecule has 18 heavy (non-hydrogen) atoms. The van der Waals surface area contributed by atoms with Gasteiger partial charge in [-0.25, -0.2) is 9.79 Å². The van der Waals surface area contributed by atoms with E-state index in [0.717, 1.165) is 0 Å². The highest BCUT2D eigenvalue weighted by Gasteiger charge is 2.20. The van der Waals surface area contributed by atoms with E-state index in [-0.39, 0.29) is 5.70 Å². The van der Waals surface area contributed by atoms with Gasteiger partial charge in [0.25, 0.3) is 0 Å². The molecule has 94 valence electrons. The van der Waals surface area contributed by atoms with Crippen LogP contribution < -0.4 is 9.47 Å². The summed E-state index contributed by atoms with van der Waals surface area (Å²) in [6, 6.07) is 5.40. The number of nitrogens with zero attached hydrogens (tertiary/aromatic N) is 1. The van der Waals surface area contributed by atoms with Crippen LogP contribution in [0.1, 0.15) is 12.5 Å². The molecular weight excluding hydrogens is 234 g/mol. The quantitative estimate of drug-likeness (QED) is 0.605. The van der Waals surface area contributed by atoms with Gasteiger partial charge in [0.15, 0.2) is 23.1 Å². The van der Waals surface area contributed by atoms with E-state index in [1.807, 2.05) is 12.1 Å². The molecule has 0 unspecified atom stereocenters. The molecule has 1 aromatic carbocycles. The van der Waals surface area contributed by atoms with E-state index in [4.69, 9.17) is 14.2 Å². The van der Waals surface area contributed by atoms with Gasteiger partial charge in [-0.3, -0.25) is 0 Å². The zero-order chi connectivity index (χ0) is 13.1. The summed E-state index contributed by atoms with van der Waals surface area (Å²) in [5.74, 6) is 1.03. The van der Waals surface area contributed by atoms with Crippen molar-refractivity contribution in [2.75, 3.05) is 14.2 Å². The summed E-state index contributed by atoms with van der Waals surface area (Å²) in [6.45, 7) is 1.63. The van der Waals surface area contributed by atoms with Crippen molar-refractivity contribution in [3.8, 4) is 11.5 Å². The van der Waals surface area contributed by atoms with Gasteiger partial charge < -0.3 is 14.2 Å². The maximum absolute atomic E-state index is 11.5. The number of rotatable bonds is 3. The molecule has 0 saturated carbocycles. The summed E-state index contributed by atoms with van der Waals surface area (Å²) in [7, 11) is 3.10. The standard InChI is InChI=1S/C13H13NO4/c1-8-14-10(13(15)18-8)7-9-5-4-6-11(16-2)12(9)17-3/h4-7H,1-3H3. The van der Waals surface area contributed by atoms with Gasteiger partial charge in [-0.05, 0) is 12.1 Å². The van der Waals surface area contributed by atoms with Crippen LogP contribution in [0.2, 0.25) is 0 Å². The molecule has 0 amide bonds. The molecule has 0 aliphatic carbocycles. The summed E-state index contributed by atoms with van der Waals surface area (Å²) in [6.07, 6.45) is 1.61. The van der Waals surface area contributed by atoms with Crippen LogP contribution in [-0.2, 0) is 9.53 Å². The molecule has 0 spiro atoms. The number of carbonyl (C=O) groups is 1. The Labute approximate surface area is 105 Å². The second-order valence-electron chi connectivity index (χ2n) is 3.63. The van der Waals surface area contributed by atoms with E-state index in [9.17, 15) is 4.79 Å². The third-order valence-electron chi connectivity index (χ3n) is 2.45. The lowest BCUT2D eigenvalue weighted by molar-refractivity contribution is -0.130. The maximum Gasteiger partial charge on any atom is 0.363 e. The maximum atomic E-state index is 11.5. The smallest absolute Gasteiger partial charge is 0.363 e. The number of esters is 1. The van der Waals surface area contributed by atoms with Crippen LogP contribution in [0.3, 0.4) is 0 Å². The lowest BCUT2D eigenvalue weighted by atomic mass is 10.1. The Morgan fingerprint density at radius 1 is 1.28 bits per heavy atom. The zero-order valence-corrected chi connectivity index (χ0v) is 10.4. The van der Waals surface area contributed by atoms with Crippen molar-refractivity contribution in [2.24, 2.45) is 4.99 Å². The number of para-hydroxylation sites is 1. The third kappa shape index (κ3) is 2.20. The number of carbonyl (C=O) groups excluding carboxylic acids is 1. The van der Waals surface area contributed by atoms with Crippen LogP contribution in [0, 0.1) is 0 Å². The predicted octanol–water partition coefficient (Wildman–Crippen LogP) is 2.02. The Kier molecular flexibility index (Phi) is 3.32. The van der Waals surface area contributed by atoms with Crippen molar-refractivity contribution in [2.45, 2.75) is 6.92 Å². The first-order chi connectivity index (χ1) is 8.65. The van der Waals surface area contributed by atoms with Crippen molar-refractivity contribution in [1.29, 1.82) is 0 Å². The first-order valence-electron chi connectivity index (χ1n) is 5.36. The predicted molar refractivity (Wildman–Crippen MR) is 66.7 cm³/mol. The summed E-state index contributed by atoms with van der Waals surface area (Å²) < 4.78 is 15.3. The Morgan fingerprint density at radius 3 is 2.61 bits per heavy atom. The van der Waals surface area contributed by atoms with E-state index in [1.54, 1.807) is 33.3 Å². The normalized spacial score (nSPS) is 16.5. The van der Waals surface area contributed by atoms with Gasteiger partial charge >= 0.3 is 5.97 Å². The van der Waals surface area contributed by atoms with Crippen LogP contribution >= 0.6 is 0 Å². The number of cyclic esters (lactones) is 1. The second-order valence-corrected chi connectivity index (χ2v) is 3.63. The van der Waals surface area contributed by atoms with Gasteiger partial charge in [0, 0.05) is 12.5 Å². The van der Waals surface area contributed by atoms with Crippen molar-refractivity contribution in [3.05, 3.63) is 29.5 Å². The molecule has 0 atom stereocenters. The monoisotopic (exact) mass is 247 g/mol. The molecule has 0 saturated heterocycles. The minimum absolute atomic E-state index is 0.249. The van der Waals surface area contributed by atoms with Crippen molar-refractivity contribution < 1.29 is 19.0 Å². The number of aliphatic imine (C=N–C) groups is 1. The summed E-state index contributed by atoms with van der Waals surface area (Å²) in [4.78, 5) is 15.5. The van der Waals surface area contributed by atoms with E-state index in [1.165, 1.54) is 0 Å². The Morgan fingerprint density at radius 2 is 2.06 bits per heavy atom. The van der Waals surface area contributed by atoms with E-state index in [2.05, 4.69) is 4.99 Å². The van der Waals surface area contributed by atoms with Crippen molar-refractivity contribution >= 4 is 17.9 Å². The number of hydrogen-bond donors (Lipinski definition) is 0. The molecule has 0 radical (unpaired) electrons. The van der Waals surface area contributed by atoms with Gasteiger partial charge in [-0.15, -0.1) is 0 Å². The summed E-state index contributed by atoms with van der Waals surface area (Å²) in [5.41, 5.74) is 0.960. The first kappa shape index (κ1) is 12.2. The highest BCUT2D eigenvalue weighted by Crippen LogP contribution is 2.32. The number of hydrogen-bond acceptors (Lipinski definition) is 5. The summed E-state index contributed by atoms with van der Waals surface area (Å²) in [5, 5.41) is 0. The Bertz CT molecular complexity index is 546. The van der Waals surface area contributed by atoms with Crippen LogP contribution in [0.5, 0.6) is 11.5 Å². The van der Waals surface area contributed by atoms with Crippen LogP contribution in [0.15, 0.2) is 28.9 Å². The van der Waals surface area contributed by atoms with Crippen molar-refractivity contribution in [3.63, 3.8) is 0 Å². The first-order valence-corrected chi connectivity index (χ1v) is 5.36. The minimum atomic E-state index is -0.461. The van der Waals surface area contributed by atoms with Crippen LogP contribution in [-0.4, -0.2) is 26.1 Å². The third-order valence-corrected chi connectivity index (χ3v) is 2.45. The van der Waals surface area contributed by atoms with Crippen LogP contribution in [0.4, 0.5) is 0 Å². The second kappa shape index (κ2) is 4.91. The molecule has 1 aliphatic rings. The topological polar surface area (TPSA) is 57.1 Å². The van der Waals surface area contributed by atoms with E-state index < -0.39 is 5.97 Å². The van der Waals surface area contributed by atoms with E-state index in [0.29, 0.717) is 23.0 Å². The fourth-order valence-corrected chi connectivity index (χ4v) is 1.69. The fourth-order valence-electron chi connectivity index (χ4n) is 1.69. The van der Waals surface area contributed by atoms with Gasteiger partial charge in [0.2, 0.25) is 0 Å². The molecule has 2 rings (SSSR count). The Balaban J connectivity index is 2.46. The van der Waals surface area contributed by atoms with Crippen molar-refractivity contribution in [1.82, 2.24) is 0 Å². The molecule has 5 heteroatoms. The molecule has 5 nitrogen and oxygen atoms in total. The molecule has 0 aromatic heterocycles. The average Bonchev–Trinajstić information content (AvgIpc) is 2.67. The molecule has 0 N–H and O–H groups in total. The zero-order valence-electron chi connectivity index (χ0n) is 10.4. The average molecular weight is 247 g/mol. The largest absolute Gasteiger partial charge is 0.493 e. The lowest BCUT2D eigenvalue weighted by Crippen LogP contribution is -2.00. The molecule has 1 aromatic rings. The van der Waals surface area contributed by atoms with E-state index >= 15 is 0 Å². The number of benzene rings is 1. The molecular formula is C13H13NO4. The molecule has 0 fully saturated rings. The number of ether oxygens (including phenoxy) is 3. The number of methoxy groups -OCH3 is 2. The fraction of sp³-hybridized carbons (Fsp3) is 0.231. The minimum Gasteiger partial charge on any atom is -0.493 e.